The van der Waals surface area contributed by atoms with Crippen molar-refractivity contribution >= 4 is 11.6 Å². The first-order valence-corrected chi connectivity index (χ1v) is 5.03. The van der Waals surface area contributed by atoms with Gasteiger partial charge >= 0.3 is 0 Å². The van der Waals surface area contributed by atoms with Gasteiger partial charge in [0.15, 0.2) is 0 Å². The molecule has 0 atom stereocenters. The summed E-state index contributed by atoms with van der Waals surface area (Å²) in [6, 6.07) is 3.33. The van der Waals surface area contributed by atoms with E-state index in [1.54, 1.807) is 19.2 Å². The molecule has 1 rings (SSSR count). The molecule has 0 amide bonds. The van der Waals surface area contributed by atoms with Gasteiger partial charge in [-0.15, -0.1) is 0 Å². The highest BCUT2D eigenvalue weighted by Gasteiger charge is 2.03. The van der Waals surface area contributed by atoms with Gasteiger partial charge in [0.05, 0.1) is 23.9 Å². The molecule has 0 radical (unpaired) electrons. The molecule has 0 aliphatic rings. The van der Waals surface area contributed by atoms with E-state index in [9.17, 15) is 0 Å². The zero-order valence-corrected chi connectivity index (χ0v) is 9.33. The van der Waals surface area contributed by atoms with Crippen LogP contribution >= 0.6 is 11.6 Å². The maximum Gasteiger partial charge on any atom is 0.213 e. The molecule has 84 valence electrons. The average Bonchev–Trinajstić information content (AvgIpc) is 2.26. The van der Waals surface area contributed by atoms with Gasteiger partial charge in [0.1, 0.15) is 0 Å². The number of aromatic nitrogens is 1. The Bertz CT molecular complexity index is 307. The van der Waals surface area contributed by atoms with Gasteiger partial charge in [-0.3, -0.25) is 0 Å². The van der Waals surface area contributed by atoms with Gasteiger partial charge in [-0.05, 0) is 6.07 Å². The fraction of sp³-hybridized carbons (Fsp3) is 0.500. The lowest BCUT2D eigenvalue weighted by Crippen LogP contribution is -2.03. The lowest BCUT2D eigenvalue weighted by molar-refractivity contribution is 0.170. The monoisotopic (exact) mass is 231 g/mol. The average molecular weight is 232 g/mol. The molecule has 5 heteroatoms. The highest BCUT2D eigenvalue weighted by atomic mass is 35.5. The largest absolute Gasteiger partial charge is 0.478 e. The normalized spacial score (nSPS) is 10.3. The van der Waals surface area contributed by atoms with Gasteiger partial charge in [0.2, 0.25) is 5.88 Å². The van der Waals surface area contributed by atoms with Crippen molar-refractivity contribution in [2.24, 2.45) is 0 Å². The van der Waals surface area contributed by atoms with Crippen LogP contribution in [0.2, 0.25) is 5.02 Å². The standard InChI is InChI=1S/C10H14ClNO3/c1-14-5-2-6-15-10-4-3-8(11)9(7-13)12-10/h3-4,13H,2,5-7H2,1H3. The van der Waals surface area contributed by atoms with Crippen molar-refractivity contribution in [3.8, 4) is 5.88 Å². The summed E-state index contributed by atoms with van der Waals surface area (Å²) in [6.45, 7) is 1.00. The molecule has 0 aromatic carbocycles. The first-order chi connectivity index (χ1) is 7.27. The Hall–Kier alpha value is -0.840. The molecule has 0 saturated carbocycles. The van der Waals surface area contributed by atoms with Crippen LogP contribution in [0.5, 0.6) is 5.88 Å². The molecule has 15 heavy (non-hydrogen) atoms. The molecular formula is C10H14ClNO3. The zero-order chi connectivity index (χ0) is 11.1. The first kappa shape index (κ1) is 12.2. The Morgan fingerprint density at radius 2 is 2.20 bits per heavy atom. The van der Waals surface area contributed by atoms with Crippen molar-refractivity contribution in [3.63, 3.8) is 0 Å². The fourth-order valence-corrected chi connectivity index (χ4v) is 1.20. The smallest absolute Gasteiger partial charge is 0.213 e. The van der Waals surface area contributed by atoms with Crippen molar-refractivity contribution in [2.75, 3.05) is 20.3 Å². The van der Waals surface area contributed by atoms with Crippen LogP contribution in [0.3, 0.4) is 0 Å². The molecule has 1 N–H and O–H groups in total. The summed E-state index contributed by atoms with van der Waals surface area (Å²) in [5.74, 6) is 0.472. The molecule has 0 aliphatic carbocycles. The minimum atomic E-state index is -0.186. The van der Waals surface area contributed by atoms with E-state index in [2.05, 4.69) is 4.98 Å². The van der Waals surface area contributed by atoms with Crippen LogP contribution in [0.25, 0.3) is 0 Å². The van der Waals surface area contributed by atoms with Gasteiger partial charge in [-0.2, -0.15) is 0 Å². The number of methoxy groups -OCH3 is 1. The number of rotatable bonds is 6. The van der Waals surface area contributed by atoms with Gasteiger partial charge in [0, 0.05) is 26.2 Å². The van der Waals surface area contributed by atoms with E-state index in [4.69, 9.17) is 26.2 Å². The Labute approximate surface area is 93.8 Å². The Kier molecular flexibility index (Phi) is 5.39. The maximum atomic E-state index is 8.93. The second kappa shape index (κ2) is 6.61. The van der Waals surface area contributed by atoms with E-state index in [0.717, 1.165) is 6.42 Å². The van der Waals surface area contributed by atoms with Crippen LogP contribution in [-0.2, 0) is 11.3 Å². The van der Waals surface area contributed by atoms with Crippen LogP contribution in [0, 0.1) is 0 Å². The summed E-state index contributed by atoms with van der Waals surface area (Å²) in [5, 5.41) is 9.38. The number of aliphatic hydroxyl groups is 1. The maximum absolute atomic E-state index is 8.93. The first-order valence-electron chi connectivity index (χ1n) is 4.66. The second-order valence-electron chi connectivity index (χ2n) is 2.93. The Balaban J connectivity index is 2.47. The van der Waals surface area contributed by atoms with E-state index in [-0.39, 0.29) is 6.61 Å². The van der Waals surface area contributed by atoms with Crippen molar-refractivity contribution in [3.05, 3.63) is 22.8 Å². The van der Waals surface area contributed by atoms with Crippen LogP contribution in [0.15, 0.2) is 12.1 Å². The van der Waals surface area contributed by atoms with Crippen molar-refractivity contribution in [2.45, 2.75) is 13.0 Å². The van der Waals surface area contributed by atoms with Gasteiger partial charge < -0.3 is 14.6 Å². The minimum Gasteiger partial charge on any atom is -0.478 e. The molecule has 0 bridgehead atoms. The molecule has 0 aliphatic heterocycles. The second-order valence-corrected chi connectivity index (χ2v) is 3.34. The summed E-state index contributed by atoms with van der Waals surface area (Å²) in [4.78, 5) is 4.04. The van der Waals surface area contributed by atoms with Crippen LogP contribution in [-0.4, -0.2) is 30.4 Å². The molecule has 1 aromatic heterocycles. The van der Waals surface area contributed by atoms with Crippen LogP contribution in [0.4, 0.5) is 0 Å². The van der Waals surface area contributed by atoms with Crippen LogP contribution < -0.4 is 4.74 Å². The molecule has 0 unspecified atom stereocenters. The molecular weight excluding hydrogens is 218 g/mol. The summed E-state index contributed by atoms with van der Waals surface area (Å²) in [6.07, 6.45) is 0.801. The SMILES string of the molecule is COCCCOc1ccc(Cl)c(CO)n1. The van der Waals surface area contributed by atoms with E-state index in [1.165, 1.54) is 0 Å². The number of aliphatic hydroxyl groups excluding tert-OH is 1. The van der Waals surface area contributed by atoms with Gasteiger partial charge in [0.25, 0.3) is 0 Å². The molecule has 0 saturated heterocycles. The Morgan fingerprint density at radius 3 is 2.87 bits per heavy atom. The molecule has 0 fully saturated rings. The zero-order valence-electron chi connectivity index (χ0n) is 8.57. The number of ether oxygens (including phenoxy) is 2. The summed E-state index contributed by atoms with van der Waals surface area (Å²) in [5.41, 5.74) is 0.431. The molecule has 1 aromatic rings. The third-order valence-electron chi connectivity index (χ3n) is 1.79. The summed E-state index contributed by atoms with van der Waals surface area (Å²) < 4.78 is 10.2. The molecule has 4 nitrogen and oxygen atoms in total. The van der Waals surface area contributed by atoms with Crippen molar-refractivity contribution in [1.82, 2.24) is 4.98 Å². The predicted octanol–water partition coefficient (Wildman–Crippen LogP) is 1.64. The van der Waals surface area contributed by atoms with Gasteiger partial charge in [-0.1, -0.05) is 11.6 Å². The van der Waals surface area contributed by atoms with E-state index in [1.807, 2.05) is 0 Å². The van der Waals surface area contributed by atoms with E-state index >= 15 is 0 Å². The van der Waals surface area contributed by atoms with E-state index < -0.39 is 0 Å². The van der Waals surface area contributed by atoms with Crippen molar-refractivity contribution < 1.29 is 14.6 Å². The minimum absolute atomic E-state index is 0.186. The number of pyridine rings is 1. The van der Waals surface area contributed by atoms with E-state index in [0.29, 0.717) is 29.8 Å². The lowest BCUT2D eigenvalue weighted by Gasteiger charge is -2.06. The quantitative estimate of drug-likeness (QED) is 0.757. The van der Waals surface area contributed by atoms with Crippen LogP contribution in [0.1, 0.15) is 12.1 Å². The number of nitrogens with zero attached hydrogens (tertiary/aromatic N) is 1. The van der Waals surface area contributed by atoms with Crippen molar-refractivity contribution in [1.29, 1.82) is 0 Å². The summed E-state index contributed by atoms with van der Waals surface area (Å²) in [7, 11) is 1.64. The third kappa shape index (κ3) is 4.03. The predicted molar refractivity (Wildman–Crippen MR) is 57.2 cm³/mol. The number of hydrogen-bond donors (Lipinski definition) is 1. The fourth-order valence-electron chi connectivity index (χ4n) is 1.04. The molecule has 0 spiro atoms. The Morgan fingerprint density at radius 1 is 1.40 bits per heavy atom. The number of hydrogen-bond acceptors (Lipinski definition) is 4. The molecule has 1 heterocycles. The topological polar surface area (TPSA) is 51.6 Å². The highest BCUT2D eigenvalue weighted by Crippen LogP contribution is 2.17. The summed E-state index contributed by atoms with van der Waals surface area (Å²) >= 11 is 5.78. The third-order valence-corrected chi connectivity index (χ3v) is 2.13. The highest BCUT2D eigenvalue weighted by molar-refractivity contribution is 6.31. The number of halogens is 1. The van der Waals surface area contributed by atoms with Gasteiger partial charge in [-0.25, -0.2) is 4.98 Å². The lowest BCUT2D eigenvalue weighted by atomic mass is 10.3.